The molecule has 5 heavy (non-hydrogen) atoms. The van der Waals surface area contributed by atoms with Crippen molar-refractivity contribution >= 4 is 9.24 Å². The fourth-order valence-corrected chi connectivity index (χ4v) is 0. The molecule has 0 aromatic carbocycles. The van der Waals surface area contributed by atoms with Gasteiger partial charge in [0, 0.05) is 83.3 Å². The van der Waals surface area contributed by atoms with Gasteiger partial charge in [0.25, 0.3) is 0 Å². The smallest absolute Gasteiger partial charge is 0 e. The summed E-state index contributed by atoms with van der Waals surface area (Å²) in [5.41, 5.74) is 0. The Morgan fingerprint density at radius 1 is 1.20 bits per heavy atom. The first-order valence-corrected chi connectivity index (χ1v) is 1.22. The third kappa shape index (κ3) is 19.0. The number of hydrogen-bond donors (Lipinski definition) is 0. The van der Waals surface area contributed by atoms with Gasteiger partial charge in [0.05, 0.1) is 0 Å². The minimum absolute atomic E-state index is 0. The Morgan fingerprint density at radius 3 is 1.20 bits per heavy atom. The molecular formula is CH4PUYZn-. The van der Waals surface area contributed by atoms with Crippen molar-refractivity contribution in [2.75, 3.05) is 0 Å². The van der Waals surface area contributed by atoms with E-state index in [2.05, 4.69) is 15.9 Å². The maximum atomic E-state index is 3.17. The van der Waals surface area contributed by atoms with E-state index in [4.69, 9.17) is 0 Å². The van der Waals surface area contributed by atoms with Gasteiger partial charge in [0.1, 0.15) is 0 Å². The summed E-state index contributed by atoms with van der Waals surface area (Å²) in [6.45, 7) is 3.17. The van der Waals surface area contributed by atoms with E-state index in [0.717, 1.165) is 0 Å². The molecule has 0 bridgehead atoms. The summed E-state index contributed by atoms with van der Waals surface area (Å²) < 4.78 is 0. The van der Waals surface area contributed by atoms with Gasteiger partial charge < -0.3 is 15.9 Å². The van der Waals surface area contributed by atoms with Crippen molar-refractivity contribution in [3.63, 3.8) is 0 Å². The minimum Gasteiger partial charge on any atom is -0.323 e. The first kappa shape index (κ1) is 24.1. The molecular weight excluding hydrogens is 435 g/mol. The molecule has 0 amide bonds. The van der Waals surface area contributed by atoms with Gasteiger partial charge in [-0.25, -0.2) is 0 Å². The monoisotopic (exact) mass is 438 g/mol. The fourth-order valence-electron chi connectivity index (χ4n) is 0. The SMILES string of the molecule is [CH2-]P.[U].[Y].[Zn]. The van der Waals surface area contributed by atoms with Crippen LogP contribution in [0.2, 0.25) is 0 Å². The van der Waals surface area contributed by atoms with E-state index in [1.807, 2.05) is 0 Å². The van der Waals surface area contributed by atoms with Gasteiger partial charge in [0.2, 0.25) is 0 Å². The Balaban J connectivity index is -0.00000000167. The maximum absolute atomic E-state index is 3.17. The fraction of sp³-hybridized carbons (Fsp3) is 0. The zero-order chi connectivity index (χ0) is 2.00. The van der Waals surface area contributed by atoms with Crippen molar-refractivity contribution in [1.29, 1.82) is 0 Å². The van der Waals surface area contributed by atoms with Crippen LogP contribution in [0, 0.1) is 37.8 Å². The van der Waals surface area contributed by atoms with Gasteiger partial charge >= 0.3 is 0 Å². The van der Waals surface area contributed by atoms with Crippen LogP contribution >= 0.6 is 9.24 Å². The summed E-state index contributed by atoms with van der Waals surface area (Å²) in [4.78, 5) is 0. The predicted molar refractivity (Wildman–Crippen MR) is 15.1 cm³/mol. The zero-order valence-corrected chi connectivity index (χ0v) is 14.2. The second-order valence-corrected chi connectivity index (χ2v) is 0. The standard InChI is InChI=1S/CH4P.U.Y.Zn/c1-2;;;/h1-2H2;;;/q-1;;;. The molecule has 0 aromatic heterocycles. The molecule has 0 aliphatic heterocycles. The van der Waals surface area contributed by atoms with E-state index in [9.17, 15) is 0 Å². The van der Waals surface area contributed by atoms with Crippen LogP contribution in [0.25, 0.3) is 0 Å². The van der Waals surface area contributed by atoms with Gasteiger partial charge in [-0.2, -0.15) is 0 Å². The summed E-state index contributed by atoms with van der Waals surface area (Å²) in [6.07, 6.45) is 0. The first-order valence-electron chi connectivity index (χ1n) is 0.408. The molecule has 4 heteroatoms. The molecule has 23 valence electrons. The normalized spacial score (nSPS) is 1.20. The minimum atomic E-state index is 0. The third-order valence-electron chi connectivity index (χ3n) is 0. The van der Waals surface area contributed by atoms with E-state index < -0.39 is 0 Å². The van der Waals surface area contributed by atoms with Crippen LogP contribution in [0.5, 0.6) is 0 Å². The van der Waals surface area contributed by atoms with Gasteiger partial charge in [-0.3, -0.25) is 0 Å². The van der Waals surface area contributed by atoms with Crippen LogP contribution in [0.3, 0.4) is 0 Å². The summed E-state index contributed by atoms with van der Waals surface area (Å²) in [6, 6.07) is 0. The molecule has 0 N–H and O–H groups in total. The predicted octanol–water partition coefficient (Wildman–Crippen LogP) is 0.648. The molecule has 1 atom stereocenters. The summed E-state index contributed by atoms with van der Waals surface area (Å²) in [7, 11) is 2.17. The van der Waals surface area contributed by atoms with Crippen molar-refractivity contribution in [3.05, 3.63) is 6.66 Å². The molecule has 0 rings (SSSR count). The second kappa shape index (κ2) is 27.0. The largest absolute Gasteiger partial charge is 0.323 e. The molecule has 0 heterocycles. The number of hydrogen-bond acceptors (Lipinski definition) is 0. The maximum Gasteiger partial charge on any atom is 0 e. The summed E-state index contributed by atoms with van der Waals surface area (Å²) in [5.74, 6) is 0. The Morgan fingerprint density at radius 2 is 1.20 bits per heavy atom. The Bertz CT molecular complexity index is 11.6. The van der Waals surface area contributed by atoms with Gasteiger partial charge in [0.15, 0.2) is 0 Å². The van der Waals surface area contributed by atoms with E-state index in [-0.39, 0.29) is 83.3 Å². The van der Waals surface area contributed by atoms with Crippen molar-refractivity contribution in [2.24, 2.45) is 0 Å². The third-order valence-corrected chi connectivity index (χ3v) is 0. The van der Waals surface area contributed by atoms with E-state index in [0.29, 0.717) is 0 Å². The van der Waals surface area contributed by atoms with E-state index >= 15 is 0 Å². The van der Waals surface area contributed by atoms with Crippen molar-refractivity contribution in [1.82, 2.24) is 0 Å². The van der Waals surface area contributed by atoms with Crippen LogP contribution in [0.1, 0.15) is 0 Å². The Hall–Kier alpha value is 3.21. The number of rotatable bonds is 0. The summed E-state index contributed by atoms with van der Waals surface area (Å²) in [5, 5.41) is 0. The van der Waals surface area contributed by atoms with Crippen molar-refractivity contribution in [3.8, 4) is 0 Å². The Labute approximate surface area is 97.2 Å². The van der Waals surface area contributed by atoms with E-state index in [1.54, 1.807) is 0 Å². The van der Waals surface area contributed by atoms with Crippen LogP contribution in [-0.2, 0) is 52.2 Å². The van der Waals surface area contributed by atoms with Crippen molar-refractivity contribution < 1.29 is 83.3 Å². The van der Waals surface area contributed by atoms with Crippen molar-refractivity contribution in [2.45, 2.75) is 0 Å². The average Bonchev–Trinajstić information content (AvgIpc) is 1.00. The molecule has 0 aromatic rings. The molecule has 1 unspecified atom stereocenters. The molecule has 0 nitrogen and oxygen atoms in total. The molecule has 0 fully saturated rings. The molecule has 0 saturated heterocycles. The van der Waals surface area contributed by atoms with Crippen LogP contribution in [0.4, 0.5) is 0 Å². The van der Waals surface area contributed by atoms with Crippen LogP contribution in [-0.4, -0.2) is 0 Å². The van der Waals surface area contributed by atoms with Gasteiger partial charge in [-0.1, -0.05) is 0 Å². The first-order chi connectivity index (χ1) is 1.00. The molecule has 1 radical (unpaired) electrons. The van der Waals surface area contributed by atoms with Crippen LogP contribution in [0.15, 0.2) is 0 Å². The quantitative estimate of drug-likeness (QED) is 0.296. The molecule has 0 saturated carbocycles. The Kier molecular flexibility index (Phi) is 130. The molecule has 0 spiro atoms. The van der Waals surface area contributed by atoms with Gasteiger partial charge in [-0.05, 0) is 0 Å². The van der Waals surface area contributed by atoms with Gasteiger partial charge in [-0.15, -0.1) is 0 Å². The summed E-state index contributed by atoms with van der Waals surface area (Å²) >= 11 is 0. The molecule has 0 aliphatic rings. The zero-order valence-electron chi connectivity index (χ0n) is 3.07. The second-order valence-electron chi connectivity index (χ2n) is 0. The van der Waals surface area contributed by atoms with Crippen LogP contribution < -0.4 is 0 Å². The van der Waals surface area contributed by atoms with E-state index in [1.165, 1.54) is 0 Å². The topological polar surface area (TPSA) is 0 Å². The molecule has 0 aliphatic carbocycles. The average molecular weight is 439 g/mol.